The summed E-state index contributed by atoms with van der Waals surface area (Å²) in [6, 6.07) is 4.49. The van der Waals surface area contributed by atoms with Crippen LogP contribution in [0.15, 0.2) is 12.1 Å². The maximum atomic E-state index is 13.2. The van der Waals surface area contributed by atoms with Gasteiger partial charge in [-0.15, -0.1) is 0 Å². The highest BCUT2D eigenvalue weighted by atomic mass is 16.1. The minimum atomic E-state index is -0.260. The lowest BCUT2D eigenvalue weighted by Crippen LogP contribution is -2.42. The molecule has 0 atom stereocenters. The molecule has 1 rings (SSSR count). The van der Waals surface area contributed by atoms with Crippen LogP contribution in [0.2, 0.25) is 0 Å². The van der Waals surface area contributed by atoms with Gasteiger partial charge in [0.2, 0.25) is 0 Å². The molecular formula is C23H39NO. The Labute approximate surface area is 155 Å². The highest BCUT2D eigenvalue weighted by Gasteiger charge is 2.32. The van der Waals surface area contributed by atoms with Gasteiger partial charge in [0.1, 0.15) is 0 Å². The van der Waals surface area contributed by atoms with Gasteiger partial charge in [-0.3, -0.25) is 4.79 Å². The van der Waals surface area contributed by atoms with Gasteiger partial charge in [0.05, 0.1) is 0 Å². The molecule has 142 valence electrons. The molecule has 0 spiro atoms. The molecule has 0 aliphatic heterocycles. The predicted molar refractivity (Wildman–Crippen MR) is 110 cm³/mol. The summed E-state index contributed by atoms with van der Waals surface area (Å²) >= 11 is 0. The maximum absolute atomic E-state index is 13.2. The Morgan fingerprint density at radius 3 is 1.28 bits per heavy atom. The van der Waals surface area contributed by atoms with Crippen LogP contribution in [0.5, 0.6) is 0 Å². The van der Waals surface area contributed by atoms with Crippen LogP contribution in [0.1, 0.15) is 110 Å². The molecule has 1 aromatic carbocycles. The van der Waals surface area contributed by atoms with E-state index in [4.69, 9.17) is 0 Å². The monoisotopic (exact) mass is 345 g/mol. The van der Waals surface area contributed by atoms with Gasteiger partial charge >= 0.3 is 0 Å². The Bertz CT molecular complexity index is 606. The summed E-state index contributed by atoms with van der Waals surface area (Å²) in [7, 11) is 0. The van der Waals surface area contributed by atoms with Gasteiger partial charge in [0.25, 0.3) is 5.91 Å². The fraction of sp³-hybridized carbons (Fsp3) is 0.696. The standard InChI is InChI=1S/C23H39NO/c1-20(2,3)15-13-16(21(4,5)6)18(17(14-15)22(7,8)9)19(25)24-23(10,11)12/h13-14H,1-12H3,(H,24,25). The third-order valence-electron chi connectivity index (χ3n) is 4.34. The van der Waals surface area contributed by atoms with Crippen LogP contribution in [0, 0.1) is 0 Å². The van der Waals surface area contributed by atoms with E-state index in [2.05, 4.69) is 79.8 Å². The molecule has 0 saturated heterocycles. The number of nitrogens with one attached hydrogen (secondary N) is 1. The van der Waals surface area contributed by atoms with Crippen LogP contribution in [-0.2, 0) is 16.2 Å². The number of rotatable bonds is 1. The van der Waals surface area contributed by atoms with Gasteiger partial charge in [0, 0.05) is 11.1 Å². The second kappa shape index (κ2) is 6.45. The smallest absolute Gasteiger partial charge is 0.252 e. The zero-order chi connectivity index (χ0) is 20.0. The van der Waals surface area contributed by atoms with Crippen molar-refractivity contribution in [3.05, 3.63) is 34.4 Å². The molecule has 1 aromatic rings. The van der Waals surface area contributed by atoms with Crippen LogP contribution in [0.3, 0.4) is 0 Å². The quantitative estimate of drug-likeness (QED) is 0.654. The maximum Gasteiger partial charge on any atom is 0.252 e. The Kier molecular flexibility index (Phi) is 5.60. The van der Waals surface area contributed by atoms with E-state index in [9.17, 15) is 4.79 Å². The van der Waals surface area contributed by atoms with E-state index in [0.717, 1.165) is 16.7 Å². The zero-order valence-electron chi connectivity index (χ0n) is 18.6. The molecule has 0 heterocycles. The van der Waals surface area contributed by atoms with Crippen molar-refractivity contribution in [1.82, 2.24) is 5.32 Å². The van der Waals surface area contributed by atoms with Crippen LogP contribution in [-0.4, -0.2) is 11.4 Å². The molecule has 0 aliphatic carbocycles. The molecule has 0 saturated carbocycles. The third-order valence-corrected chi connectivity index (χ3v) is 4.34. The van der Waals surface area contributed by atoms with Crippen LogP contribution < -0.4 is 5.32 Å². The second-order valence-corrected chi connectivity index (χ2v) is 11.4. The van der Waals surface area contributed by atoms with Gasteiger partial charge < -0.3 is 5.32 Å². The summed E-state index contributed by atoms with van der Waals surface area (Å²) < 4.78 is 0. The van der Waals surface area contributed by atoms with E-state index in [0.29, 0.717) is 0 Å². The van der Waals surface area contributed by atoms with Gasteiger partial charge in [-0.25, -0.2) is 0 Å². The molecule has 1 N–H and O–H groups in total. The molecule has 0 unspecified atom stereocenters. The zero-order valence-corrected chi connectivity index (χ0v) is 18.6. The molecule has 0 fully saturated rings. The average molecular weight is 346 g/mol. The Morgan fingerprint density at radius 2 is 1.04 bits per heavy atom. The van der Waals surface area contributed by atoms with Crippen molar-refractivity contribution >= 4 is 5.91 Å². The van der Waals surface area contributed by atoms with E-state index >= 15 is 0 Å². The minimum Gasteiger partial charge on any atom is -0.347 e. The van der Waals surface area contributed by atoms with Crippen LogP contribution in [0.25, 0.3) is 0 Å². The van der Waals surface area contributed by atoms with Crippen molar-refractivity contribution in [2.45, 2.75) is 105 Å². The lowest BCUT2D eigenvalue weighted by atomic mass is 9.72. The highest BCUT2D eigenvalue weighted by molar-refractivity contribution is 5.98. The molecule has 0 radical (unpaired) electrons. The third kappa shape index (κ3) is 5.59. The first-order valence-corrected chi connectivity index (χ1v) is 9.36. The molecule has 2 heteroatoms. The molecule has 0 aliphatic rings. The number of hydrogen-bond acceptors (Lipinski definition) is 1. The van der Waals surface area contributed by atoms with E-state index in [1.165, 1.54) is 5.56 Å². The summed E-state index contributed by atoms with van der Waals surface area (Å²) in [6.07, 6.45) is 0. The molecular weight excluding hydrogens is 306 g/mol. The first-order chi connectivity index (χ1) is 10.8. The summed E-state index contributed by atoms with van der Waals surface area (Å²) in [5, 5.41) is 3.18. The highest BCUT2D eigenvalue weighted by Crippen LogP contribution is 2.38. The van der Waals surface area contributed by atoms with Crippen LogP contribution in [0.4, 0.5) is 0 Å². The van der Waals surface area contributed by atoms with Crippen molar-refractivity contribution < 1.29 is 4.79 Å². The van der Waals surface area contributed by atoms with E-state index in [1.807, 2.05) is 20.8 Å². The largest absolute Gasteiger partial charge is 0.347 e. The first kappa shape index (κ1) is 21.7. The summed E-state index contributed by atoms with van der Waals surface area (Å²) in [6.45, 7) is 25.9. The van der Waals surface area contributed by atoms with E-state index < -0.39 is 0 Å². The van der Waals surface area contributed by atoms with E-state index in [-0.39, 0.29) is 27.7 Å². The van der Waals surface area contributed by atoms with E-state index in [1.54, 1.807) is 0 Å². The molecule has 0 bridgehead atoms. The average Bonchev–Trinajstić information content (AvgIpc) is 2.31. The molecule has 0 aromatic heterocycles. The van der Waals surface area contributed by atoms with Gasteiger partial charge in [-0.05, 0) is 53.7 Å². The summed E-state index contributed by atoms with van der Waals surface area (Å²) in [5.74, 6) is 0.0304. The Balaban J connectivity index is 3.86. The van der Waals surface area contributed by atoms with Crippen molar-refractivity contribution in [1.29, 1.82) is 0 Å². The number of carbonyl (C=O) groups excluding carboxylic acids is 1. The fourth-order valence-corrected chi connectivity index (χ4v) is 2.91. The summed E-state index contributed by atoms with van der Waals surface area (Å²) in [5.41, 5.74) is 3.97. The number of hydrogen-bond donors (Lipinski definition) is 1. The van der Waals surface area contributed by atoms with Crippen molar-refractivity contribution in [3.63, 3.8) is 0 Å². The lowest BCUT2D eigenvalue weighted by Gasteiger charge is -2.34. The molecule has 25 heavy (non-hydrogen) atoms. The predicted octanol–water partition coefficient (Wildman–Crippen LogP) is 6.11. The van der Waals surface area contributed by atoms with Crippen molar-refractivity contribution in [2.75, 3.05) is 0 Å². The first-order valence-electron chi connectivity index (χ1n) is 9.36. The van der Waals surface area contributed by atoms with Crippen molar-refractivity contribution in [2.24, 2.45) is 0 Å². The lowest BCUT2D eigenvalue weighted by molar-refractivity contribution is 0.0914. The second-order valence-electron chi connectivity index (χ2n) is 11.4. The van der Waals surface area contributed by atoms with Gasteiger partial charge in [0.15, 0.2) is 0 Å². The molecule has 1 amide bonds. The van der Waals surface area contributed by atoms with Gasteiger partial charge in [-0.1, -0.05) is 74.4 Å². The summed E-state index contributed by atoms with van der Waals surface area (Å²) in [4.78, 5) is 13.2. The number of amides is 1. The topological polar surface area (TPSA) is 29.1 Å². The number of benzene rings is 1. The molecule has 2 nitrogen and oxygen atoms in total. The SMILES string of the molecule is CC(C)(C)NC(=O)c1c(C(C)(C)C)cc(C(C)(C)C)cc1C(C)(C)C. The minimum absolute atomic E-state index is 0.0304. The van der Waals surface area contributed by atoms with Gasteiger partial charge in [-0.2, -0.15) is 0 Å². The van der Waals surface area contributed by atoms with Crippen LogP contribution >= 0.6 is 0 Å². The number of carbonyl (C=O) groups is 1. The Morgan fingerprint density at radius 1 is 0.680 bits per heavy atom. The van der Waals surface area contributed by atoms with Crippen molar-refractivity contribution in [3.8, 4) is 0 Å². The normalized spacial score (nSPS) is 13.8. The fourth-order valence-electron chi connectivity index (χ4n) is 2.91. The Hall–Kier alpha value is -1.31.